The number of amides is 2. The summed E-state index contributed by atoms with van der Waals surface area (Å²) < 4.78 is 0. The minimum absolute atomic E-state index is 0.100. The number of hydrogen-bond donors (Lipinski definition) is 2. The molecule has 4 heteroatoms. The third-order valence-electron chi connectivity index (χ3n) is 3.16. The molecule has 0 bridgehead atoms. The summed E-state index contributed by atoms with van der Waals surface area (Å²) in [5, 5.41) is 2.65. The number of nitrogens with zero attached hydrogens (tertiary/aromatic N) is 1. The predicted octanol–water partition coefficient (Wildman–Crippen LogP) is 1.82. The summed E-state index contributed by atoms with van der Waals surface area (Å²) in [5.74, 6) is 0. The van der Waals surface area contributed by atoms with E-state index in [4.69, 9.17) is 5.73 Å². The molecule has 0 aliphatic carbocycles. The quantitative estimate of drug-likeness (QED) is 0.715. The maximum absolute atomic E-state index is 12.0. The van der Waals surface area contributed by atoms with Crippen molar-refractivity contribution in [3.8, 4) is 0 Å². The second-order valence-electron chi connectivity index (χ2n) is 5.78. The number of nitrogens with one attached hydrogen (secondary N) is 1. The van der Waals surface area contributed by atoms with Crippen molar-refractivity contribution in [3.05, 3.63) is 12.8 Å². The van der Waals surface area contributed by atoms with Crippen molar-refractivity contribution in [2.45, 2.75) is 57.7 Å². The number of urea groups is 1. The Kier molecular flexibility index (Phi) is 3.33. The number of nitrogens with two attached hydrogens (primary N) is 1. The SMILES string of the molecule is C=CNC(=O)N1C(C)(C)CC(N)CC1(C)C. The molecule has 0 spiro atoms. The average Bonchev–Trinajstić information content (AvgIpc) is 1.96. The van der Waals surface area contributed by atoms with Crippen LogP contribution in [0.1, 0.15) is 40.5 Å². The lowest BCUT2D eigenvalue weighted by Crippen LogP contribution is -2.66. The Labute approximate surface area is 97.9 Å². The zero-order valence-electron chi connectivity index (χ0n) is 10.7. The molecule has 0 saturated carbocycles. The zero-order chi connectivity index (χ0) is 12.6. The molecule has 4 nitrogen and oxygen atoms in total. The summed E-state index contributed by atoms with van der Waals surface area (Å²) in [4.78, 5) is 13.9. The van der Waals surface area contributed by atoms with E-state index in [1.807, 2.05) is 4.90 Å². The molecule has 1 aliphatic heterocycles. The Morgan fingerprint density at radius 3 is 2.19 bits per heavy atom. The first-order valence-electron chi connectivity index (χ1n) is 5.68. The molecule has 0 aromatic heterocycles. The molecule has 0 unspecified atom stereocenters. The van der Waals surface area contributed by atoms with Crippen LogP contribution in [0, 0.1) is 0 Å². The highest BCUT2D eigenvalue weighted by molar-refractivity contribution is 5.77. The summed E-state index contributed by atoms with van der Waals surface area (Å²) in [5.41, 5.74) is 5.59. The standard InChI is InChI=1S/C12H23N3O/c1-6-14-10(16)15-11(2,3)7-9(13)8-12(15,4)5/h6,9H,1,7-8,13H2,2-5H3,(H,14,16). The third-order valence-corrected chi connectivity index (χ3v) is 3.16. The van der Waals surface area contributed by atoms with Crippen LogP contribution in [0.2, 0.25) is 0 Å². The fourth-order valence-corrected chi connectivity index (χ4v) is 3.06. The molecule has 3 N–H and O–H groups in total. The topological polar surface area (TPSA) is 58.4 Å². The summed E-state index contributed by atoms with van der Waals surface area (Å²) in [6, 6.07) is 0.0506. The van der Waals surface area contributed by atoms with Crippen LogP contribution in [0.4, 0.5) is 4.79 Å². The van der Waals surface area contributed by atoms with Crippen LogP contribution in [0.25, 0.3) is 0 Å². The van der Waals surface area contributed by atoms with Crippen LogP contribution in [-0.4, -0.2) is 28.1 Å². The molecule has 0 radical (unpaired) electrons. The highest BCUT2D eigenvalue weighted by Gasteiger charge is 2.46. The molecule has 2 amide bonds. The van der Waals surface area contributed by atoms with Gasteiger partial charge in [0.15, 0.2) is 0 Å². The first-order chi connectivity index (χ1) is 7.20. The van der Waals surface area contributed by atoms with Gasteiger partial charge in [0, 0.05) is 17.1 Å². The molecule has 1 aliphatic rings. The van der Waals surface area contributed by atoms with Gasteiger partial charge in [0.25, 0.3) is 0 Å². The van der Waals surface area contributed by atoms with Gasteiger partial charge in [0.2, 0.25) is 0 Å². The lowest BCUT2D eigenvalue weighted by Gasteiger charge is -2.54. The highest BCUT2D eigenvalue weighted by atomic mass is 16.2. The van der Waals surface area contributed by atoms with Crippen molar-refractivity contribution in [2.24, 2.45) is 5.73 Å². The van der Waals surface area contributed by atoms with E-state index in [0.717, 1.165) is 12.8 Å². The molecule has 16 heavy (non-hydrogen) atoms. The van der Waals surface area contributed by atoms with Crippen LogP contribution in [0.15, 0.2) is 12.8 Å². The number of hydrogen-bond acceptors (Lipinski definition) is 2. The minimum atomic E-state index is -0.228. The monoisotopic (exact) mass is 225 g/mol. The van der Waals surface area contributed by atoms with E-state index in [0.29, 0.717) is 0 Å². The number of piperidine rings is 1. The summed E-state index contributed by atoms with van der Waals surface area (Å²) >= 11 is 0. The van der Waals surface area contributed by atoms with Gasteiger partial charge >= 0.3 is 6.03 Å². The largest absolute Gasteiger partial charge is 0.328 e. The molecule has 0 aromatic carbocycles. The van der Waals surface area contributed by atoms with Crippen molar-refractivity contribution in [3.63, 3.8) is 0 Å². The van der Waals surface area contributed by atoms with E-state index in [1.54, 1.807) is 0 Å². The second-order valence-corrected chi connectivity index (χ2v) is 5.78. The van der Waals surface area contributed by atoms with Crippen molar-refractivity contribution in [1.29, 1.82) is 0 Å². The van der Waals surface area contributed by atoms with E-state index < -0.39 is 0 Å². The normalized spacial score (nSPS) is 23.9. The smallest absolute Gasteiger partial charge is 0.322 e. The first kappa shape index (κ1) is 13.0. The van der Waals surface area contributed by atoms with Gasteiger partial charge in [-0.3, -0.25) is 0 Å². The van der Waals surface area contributed by atoms with E-state index in [9.17, 15) is 4.79 Å². The molecule has 1 rings (SSSR count). The summed E-state index contributed by atoms with van der Waals surface area (Å²) in [6.45, 7) is 11.7. The van der Waals surface area contributed by atoms with Crippen LogP contribution < -0.4 is 11.1 Å². The fraction of sp³-hybridized carbons (Fsp3) is 0.750. The van der Waals surface area contributed by atoms with E-state index in [-0.39, 0.29) is 23.2 Å². The lowest BCUT2D eigenvalue weighted by atomic mass is 9.77. The summed E-state index contributed by atoms with van der Waals surface area (Å²) in [7, 11) is 0. The number of rotatable bonds is 1. The lowest BCUT2D eigenvalue weighted by molar-refractivity contribution is 0.00443. The molecule has 1 fully saturated rings. The van der Waals surface area contributed by atoms with Gasteiger partial charge in [-0.05, 0) is 46.7 Å². The first-order valence-corrected chi connectivity index (χ1v) is 5.68. The maximum Gasteiger partial charge on any atom is 0.322 e. The van der Waals surface area contributed by atoms with Gasteiger partial charge in [0.05, 0.1) is 0 Å². The number of carbonyl (C=O) groups excluding carboxylic acids is 1. The number of likely N-dealkylation sites (tertiary alicyclic amines) is 1. The van der Waals surface area contributed by atoms with Crippen LogP contribution in [0.5, 0.6) is 0 Å². The fourth-order valence-electron chi connectivity index (χ4n) is 3.06. The summed E-state index contributed by atoms with van der Waals surface area (Å²) in [6.07, 6.45) is 3.06. The van der Waals surface area contributed by atoms with Gasteiger partial charge in [-0.2, -0.15) is 0 Å². The Morgan fingerprint density at radius 2 is 1.81 bits per heavy atom. The van der Waals surface area contributed by atoms with Crippen LogP contribution >= 0.6 is 0 Å². The van der Waals surface area contributed by atoms with Gasteiger partial charge in [0.1, 0.15) is 0 Å². The predicted molar refractivity (Wildman–Crippen MR) is 65.9 cm³/mol. The molecular weight excluding hydrogens is 202 g/mol. The van der Waals surface area contributed by atoms with E-state index >= 15 is 0 Å². The Balaban J connectivity index is 3.01. The Bertz CT molecular complexity index is 279. The van der Waals surface area contributed by atoms with Gasteiger partial charge in [-0.1, -0.05) is 6.58 Å². The zero-order valence-corrected chi connectivity index (χ0v) is 10.7. The van der Waals surface area contributed by atoms with E-state index in [2.05, 4.69) is 39.6 Å². The van der Waals surface area contributed by atoms with Crippen molar-refractivity contribution in [2.75, 3.05) is 0 Å². The minimum Gasteiger partial charge on any atom is -0.328 e. The Morgan fingerprint density at radius 1 is 1.38 bits per heavy atom. The van der Waals surface area contributed by atoms with Crippen molar-refractivity contribution in [1.82, 2.24) is 10.2 Å². The molecule has 0 aromatic rings. The van der Waals surface area contributed by atoms with Crippen LogP contribution in [0.3, 0.4) is 0 Å². The second kappa shape index (κ2) is 4.09. The number of carbonyl (C=O) groups is 1. The maximum atomic E-state index is 12.0. The molecule has 1 heterocycles. The third kappa shape index (κ3) is 2.38. The molecule has 0 atom stereocenters. The van der Waals surface area contributed by atoms with Crippen molar-refractivity contribution >= 4 is 6.03 Å². The molecule has 92 valence electrons. The average molecular weight is 225 g/mol. The van der Waals surface area contributed by atoms with E-state index in [1.165, 1.54) is 6.20 Å². The van der Waals surface area contributed by atoms with Gasteiger partial charge in [-0.25, -0.2) is 4.79 Å². The van der Waals surface area contributed by atoms with Crippen molar-refractivity contribution < 1.29 is 4.79 Å². The Hall–Kier alpha value is -1.03. The van der Waals surface area contributed by atoms with Gasteiger partial charge < -0.3 is 16.0 Å². The van der Waals surface area contributed by atoms with Gasteiger partial charge in [-0.15, -0.1) is 0 Å². The highest BCUT2D eigenvalue weighted by Crippen LogP contribution is 2.37. The molecular formula is C12H23N3O. The van der Waals surface area contributed by atoms with Crippen LogP contribution in [-0.2, 0) is 0 Å². The molecule has 1 saturated heterocycles.